The van der Waals surface area contributed by atoms with E-state index < -0.39 is 19.1 Å². The van der Waals surface area contributed by atoms with E-state index in [-0.39, 0.29) is 0 Å². The van der Waals surface area contributed by atoms with E-state index >= 15 is 0 Å². The van der Waals surface area contributed by atoms with Crippen LogP contribution in [0.4, 0.5) is 8.78 Å². The van der Waals surface area contributed by atoms with Crippen molar-refractivity contribution < 1.29 is 8.78 Å². The number of rotatable bonds is 3. The molecule has 66 valence electrons. The van der Waals surface area contributed by atoms with Crippen molar-refractivity contribution in [1.82, 2.24) is 0 Å². The van der Waals surface area contributed by atoms with Gasteiger partial charge in [-0.3, -0.25) is 0 Å². The molecule has 12 heavy (non-hydrogen) atoms. The molecule has 1 rings (SSSR count). The van der Waals surface area contributed by atoms with Gasteiger partial charge in [0, 0.05) is 0 Å². The van der Waals surface area contributed by atoms with Crippen molar-refractivity contribution >= 4 is 31.2 Å². The molecule has 1 aromatic rings. The van der Waals surface area contributed by atoms with Gasteiger partial charge in [0.1, 0.15) is 0 Å². The number of alkyl halides is 2. The Morgan fingerprint density at radius 2 is 1.83 bits per heavy atom. The van der Waals surface area contributed by atoms with Gasteiger partial charge in [0.25, 0.3) is 0 Å². The van der Waals surface area contributed by atoms with Crippen LogP contribution in [0.25, 0.3) is 0 Å². The molecule has 0 bridgehead atoms. The normalized spacial score (nSPS) is 11.6. The fraction of sp³-hybridized carbons (Fsp3) is 0.250. The van der Waals surface area contributed by atoms with Gasteiger partial charge >= 0.3 is 80.7 Å². The van der Waals surface area contributed by atoms with Crippen LogP contribution in [0.1, 0.15) is 0 Å². The fourth-order valence-corrected chi connectivity index (χ4v) is 2.97. The van der Waals surface area contributed by atoms with Gasteiger partial charge < -0.3 is 0 Å². The average Bonchev–Trinajstić information content (AvgIpc) is 2.06. The third-order valence-electron chi connectivity index (χ3n) is 1.22. The molecule has 0 nitrogen and oxygen atoms in total. The average molecular weight is 253 g/mol. The van der Waals surface area contributed by atoms with Crippen molar-refractivity contribution in [2.24, 2.45) is 0 Å². The standard InChI is InChI=1S/C8H8F2SSe/c1-11-8(9,10)12-7-5-3-2-4-6-7/h2-6H,1H3. The Bertz CT molecular complexity index is 238. The molecule has 0 aromatic heterocycles. The summed E-state index contributed by atoms with van der Waals surface area (Å²) >= 11 is -0.140. The summed E-state index contributed by atoms with van der Waals surface area (Å²) in [6, 6.07) is 8.88. The maximum atomic E-state index is 12.8. The van der Waals surface area contributed by atoms with Crippen LogP contribution in [0.3, 0.4) is 0 Å². The number of halogens is 2. The minimum absolute atomic E-state index is 0.616. The van der Waals surface area contributed by atoms with E-state index in [1.165, 1.54) is 6.26 Å². The summed E-state index contributed by atoms with van der Waals surface area (Å²) in [6.07, 6.45) is 1.44. The van der Waals surface area contributed by atoms with E-state index in [1.54, 1.807) is 24.3 Å². The van der Waals surface area contributed by atoms with Gasteiger partial charge in [-0.15, -0.1) is 0 Å². The molecule has 0 aliphatic carbocycles. The van der Waals surface area contributed by atoms with Gasteiger partial charge in [0.2, 0.25) is 0 Å². The summed E-state index contributed by atoms with van der Waals surface area (Å²) in [5.74, 6) is 0. The first-order valence-electron chi connectivity index (χ1n) is 3.31. The Balaban J connectivity index is 2.64. The Kier molecular flexibility index (Phi) is 3.56. The summed E-state index contributed by atoms with van der Waals surface area (Å²) in [7, 11) is 0. The monoisotopic (exact) mass is 254 g/mol. The van der Waals surface area contributed by atoms with Crippen molar-refractivity contribution in [2.75, 3.05) is 6.26 Å². The van der Waals surface area contributed by atoms with Crippen LogP contribution in [0.5, 0.6) is 0 Å². The molecule has 0 atom stereocenters. The van der Waals surface area contributed by atoms with Gasteiger partial charge in [-0.2, -0.15) is 0 Å². The topological polar surface area (TPSA) is 0 Å². The molecule has 4 heteroatoms. The van der Waals surface area contributed by atoms with Crippen LogP contribution in [0.15, 0.2) is 30.3 Å². The molecule has 0 N–H and O–H groups in total. The second-order valence-electron chi connectivity index (χ2n) is 2.08. The zero-order chi connectivity index (χ0) is 9.03. The Morgan fingerprint density at radius 3 is 2.33 bits per heavy atom. The van der Waals surface area contributed by atoms with E-state index in [2.05, 4.69) is 0 Å². The third kappa shape index (κ3) is 3.13. The second-order valence-corrected chi connectivity index (χ2v) is 6.08. The quantitative estimate of drug-likeness (QED) is 0.742. The van der Waals surface area contributed by atoms with Gasteiger partial charge in [0.15, 0.2) is 0 Å². The van der Waals surface area contributed by atoms with Crippen molar-refractivity contribution in [3.8, 4) is 0 Å². The van der Waals surface area contributed by atoms with Crippen LogP contribution in [0.2, 0.25) is 0 Å². The van der Waals surface area contributed by atoms with Crippen molar-refractivity contribution in [3.05, 3.63) is 30.3 Å². The molecule has 0 aliphatic heterocycles. The molecular formula is C8H8F2SSe. The number of hydrogen-bond donors (Lipinski definition) is 0. The first-order chi connectivity index (χ1) is 5.64. The van der Waals surface area contributed by atoms with Gasteiger partial charge in [-0.1, -0.05) is 0 Å². The van der Waals surface area contributed by atoms with Crippen molar-refractivity contribution in [2.45, 2.75) is 4.15 Å². The predicted octanol–water partition coefficient (Wildman–Crippen LogP) is 1.93. The first-order valence-corrected chi connectivity index (χ1v) is 6.25. The predicted molar refractivity (Wildman–Crippen MR) is 50.3 cm³/mol. The van der Waals surface area contributed by atoms with Gasteiger partial charge in [0.05, 0.1) is 0 Å². The molecule has 0 spiro atoms. The summed E-state index contributed by atoms with van der Waals surface area (Å²) < 4.78 is 23.8. The van der Waals surface area contributed by atoms with E-state index in [0.29, 0.717) is 11.8 Å². The van der Waals surface area contributed by atoms with Crippen LogP contribution in [0, 0.1) is 0 Å². The van der Waals surface area contributed by atoms with E-state index in [1.807, 2.05) is 6.07 Å². The zero-order valence-corrected chi connectivity index (χ0v) is 8.99. The molecule has 0 radical (unpaired) electrons. The van der Waals surface area contributed by atoms with Gasteiger partial charge in [-0.05, 0) is 0 Å². The molecular weight excluding hydrogens is 245 g/mol. The van der Waals surface area contributed by atoms with Crippen LogP contribution in [-0.2, 0) is 0 Å². The number of hydrogen-bond acceptors (Lipinski definition) is 1. The Hall–Kier alpha value is -0.0505. The van der Waals surface area contributed by atoms with E-state index in [4.69, 9.17) is 0 Å². The summed E-state index contributed by atoms with van der Waals surface area (Å²) in [5.41, 5.74) is 0. The molecule has 0 saturated heterocycles. The molecule has 0 fully saturated rings. The van der Waals surface area contributed by atoms with Crippen molar-refractivity contribution in [1.29, 1.82) is 0 Å². The van der Waals surface area contributed by atoms with E-state index in [0.717, 1.165) is 4.46 Å². The van der Waals surface area contributed by atoms with Crippen LogP contribution in [-0.4, -0.2) is 25.4 Å². The molecule has 1 aromatic carbocycles. The molecule has 0 amide bonds. The van der Waals surface area contributed by atoms with Crippen LogP contribution < -0.4 is 4.46 Å². The van der Waals surface area contributed by atoms with Crippen molar-refractivity contribution in [3.63, 3.8) is 0 Å². The number of benzene rings is 1. The van der Waals surface area contributed by atoms with E-state index in [9.17, 15) is 8.78 Å². The fourth-order valence-electron chi connectivity index (χ4n) is 0.667. The Morgan fingerprint density at radius 1 is 1.25 bits per heavy atom. The van der Waals surface area contributed by atoms with Crippen LogP contribution >= 0.6 is 11.8 Å². The molecule has 0 unspecified atom stereocenters. The minimum atomic E-state index is -2.58. The molecule has 0 saturated carbocycles. The summed E-state index contributed by atoms with van der Waals surface area (Å²) in [5, 5.41) is 0. The second kappa shape index (κ2) is 4.26. The Labute approximate surface area is 80.9 Å². The number of thioether (sulfide) groups is 1. The maximum absolute atomic E-state index is 12.8. The summed E-state index contributed by atoms with van der Waals surface area (Å²) in [6.45, 7) is 0. The molecule has 0 aliphatic rings. The third-order valence-corrected chi connectivity index (χ3v) is 4.74. The van der Waals surface area contributed by atoms with Gasteiger partial charge in [-0.25, -0.2) is 0 Å². The SMILES string of the molecule is CSC(F)(F)[Se]c1ccccc1. The molecule has 0 heterocycles. The first kappa shape index (κ1) is 10.0. The summed E-state index contributed by atoms with van der Waals surface area (Å²) in [4.78, 5) is 0. The zero-order valence-electron chi connectivity index (χ0n) is 6.46.